The van der Waals surface area contributed by atoms with E-state index >= 15 is 0 Å². The predicted molar refractivity (Wildman–Crippen MR) is 165 cm³/mol. The lowest BCUT2D eigenvalue weighted by Gasteiger charge is -2.16. The number of anilines is 1. The van der Waals surface area contributed by atoms with E-state index in [2.05, 4.69) is 26.0 Å². The number of fused-ring (bicyclic) bond motifs is 2. The van der Waals surface area contributed by atoms with Gasteiger partial charge in [-0.25, -0.2) is 18.3 Å². The number of hydrogen-bond acceptors (Lipinski definition) is 6. The second-order valence-corrected chi connectivity index (χ2v) is 11.0. The fraction of sp³-hybridized carbons (Fsp3) is 0.176. The van der Waals surface area contributed by atoms with Crippen molar-refractivity contribution in [3.63, 3.8) is 0 Å². The van der Waals surface area contributed by atoms with Gasteiger partial charge in [0.05, 0.1) is 6.04 Å². The van der Waals surface area contributed by atoms with E-state index in [-0.39, 0.29) is 41.1 Å². The van der Waals surface area contributed by atoms with Crippen LogP contribution in [0, 0.1) is 18.6 Å². The first-order valence-corrected chi connectivity index (χ1v) is 14.5. The molecule has 0 saturated heterocycles. The van der Waals surface area contributed by atoms with Gasteiger partial charge in [-0.05, 0) is 73.2 Å². The Bertz CT molecular complexity index is 2040. The van der Waals surface area contributed by atoms with Crippen molar-refractivity contribution in [2.24, 2.45) is 0 Å². The largest absolute Gasteiger partial charge is 0.347 e. The van der Waals surface area contributed by atoms with Crippen molar-refractivity contribution in [2.75, 3.05) is 5.32 Å². The Kier molecular flexibility index (Phi) is 8.10. The van der Waals surface area contributed by atoms with E-state index in [0.29, 0.717) is 29.7 Å². The summed E-state index contributed by atoms with van der Waals surface area (Å²) in [6.45, 7) is 3.28. The summed E-state index contributed by atoms with van der Waals surface area (Å²) in [5, 5.41) is 12.7. The summed E-state index contributed by atoms with van der Waals surface area (Å²) in [6.07, 6.45) is 1.27. The zero-order chi connectivity index (χ0) is 32.5. The number of nitrogens with zero attached hydrogens (tertiary/aromatic N) is 3. The van der Waals surface area contributed by atoms with E-state index in [1.807, 2.05) is 13.0 Å². The van der Waals surface area contributed by atoms with Gasteiger partial charge in [0.15, 0.2) is 28.8 Å². The first-order chi connectivity index (χ1) is 22.1. The van der Waals surface area contributed by atoms with Crippen molar-refractivity contribution < 1.29 is 28.0 Å². The first-order valence-electron chi connectivity index (χ1n) is 14.5. The Hall–Kier alpha value is -5.78. The minimum absolute atomic E-state index is 0.0341. The van der Waals surface area contributed by atoms with Crippen LogP contribution in [0.15, 0.2) is 72.8 Å². The number of ketones is 1. The van der Waals surface area contributed by atoms with Gasteiger partial charge in [-0.1, -0.05) is 36.4 Å². The summed E-state index contributed by atoms with van der Waals surface area (Å²) < 4.78 is 28.2. The van der Waals surface area contributed by atoms with Crippen LogP contribution in [0.4, 0.5) is 14.5 Å². The summed E-state index contributed by atoms with van der Waals surface area (Å²) in [7, 11) is 0. The molecule has 6 rings (SSSR count). The molecule has 0 aliphatic heterocycles. The van der Waals surface area contributed by atoms with Crippen LogP contribution in [0.3, 0.4) is 0 Å². The van der Waals surface area contributed by atoms with Gasteiger partial charge in [0, 0.05) is 29.9 Å². The van der Waals surface area contributed by atoms with E-state index in [0.717, 1.165) is 28.8 Å². The number of halogens is 2. The highest BCUT2D eigenvalue weighted by molar-refractivity contribution is 6.04. The number of para-hydroxylation sites is 1. The Labute approximate surface area is 261 Å². The minimum Gasteiger partial charge on any atom is -0.347 e. The molecule has 10 nitrogen and oxygen atoms in total. The monoisotopic (exact) mass is 622 g/mol. The Balaban J connectivity index is 1.32. The fourth-order valence-electron chi connectivity index (χ4n) is 5.65. The van der Waals surface area contributed by atoms with E-state index in [1.165, 1.54) is 29.6 Å². The van der Waals surface area contributed by atoms with Crippen molar-refractivity contribution in [2.45, 2.75) is 39.3 Å². The standard InChI is InChI=1S/C34H28F2N6O4/c1-18-22(19(2)43)9-10-24-23(18)11-13-27(24)40-34(46)30-15-28(32(44)37-17-20-8-12-25(35)26(36)14-20)39-31-16-29(41-42(30)31)33(45)38-21-6-4-3-5-7-21/h3-10,12,14-16,27H,11,13,17H2,1-2H3,(H,37,44)(H,38,45)(H,40,46)/t27-/m0/s1. The molecule has 1 aliphatic rings. The zero-order valence-electron chi connectivity index (χ0n) is 24.9. The lowest BCUT2D eigenvalue weighted by atomic mass is 9.96. The molecule has 1 aliphatic carbocycles. The Morgan fingerprint density at radius 3 is 2.41 bits per heavy atom. The molecule has 0 radical (unpaired) electrons. The van der Waals surface area contributed by atoms with Gasteiger partial charge < -0.3 is 16.0 Å². The summed E-state index contributed by atoms with van der Waals surface area (Å²) in [5.74, 6) is -3.89. The van der Waals surface area contributed by atoms with Crippen molar-refractivity contribution in [1.82, 2.24) is 25.2 Å². The maximum Gasteiger partial charge on any atom is 0.276 e. The predicted octanol–water partition coefficient (Wildman–Crippen LogP) is 5.12. The van der Waals surface area contributed by atoms with Crippen molar-refractivity contribution in [3.8, 4) is 0 Å². The average Bonchev–Trinajstić information content (AvgIpc) is 3.66. The van der Waals surface area contributed by atoms with Gasteiger partial charge in [-0.15, -0.1) is 0 Å². The molecule has 1 atom stereocenters. The number of nitrogens with one attached hydrogen (secondary N) is 3. The number of benzene rings is 3. The molecule has 12 heteroatoms. The quantitative estimate of drug-likeness (QED) is 0.206. The third-order valence-electron chi connectivity index (χ3n) is 7.97. The molecule has 0 saturated carbocycles. The maximum absolute atomic E-state index is 13.8. The van der Waals surface area contributed by atoms with Crippen LogP contribution in [0.5, 0.6) is 0 Å². The SMILES string of the molecule is CC(=O)c1ccc2c(c1C)CC[C@@H]2NC(=O)c1cc(C(=O)NCc2ccc(F)c(F)c2)nc2cc(C(=O)Nc3ccccc3)nn12. The van der Waals surface area contributed by atoms with Crippen molar-refractivity contribution in [1.29, 1.82) is 0 Å². The molecule has 0 unspecified atom stereocenters. The molecule has 3 N–H and O–H groups in total. The van der Waals surface area contributed by atoms with Crippen LogP contribution in [0.1, 0.15) is 83.5 Å². The highest BCUT2D eigenvalue weighted by Crippen LogP contribution is 2.35. The summed E-state index contributed by atoms with van der Waals surface area (Å²) in [6, 6.07) is 17.9. The number of carbonyl (C=O) groups excluding carboxylic acids is 4. The second-order valence-electron chi connectivity index (χ2n) is 11.0. The minimum atomic E-state index is -1.05. The molecule has 3 aromatic carbocycles. The number of amides is 3. The van der Waals surface area contributed by atoms with E-state index < -0.39 is 29.4 Å². The van der Waals surface area contributed by atoms with Crippen molar-refractivity contribution in [3.05, 3.63) is 129 Å². The van der Waals surface area contributed by atoms with Gasteiger partial charge in [0.1, 0.15) is 11.4 Å². The first kappa shape index (κ1) is 30.3. The number of hydrogen-bond donors (Lipinski definition) is 3. The van der Waals surface area contributed by atoms with Gasteiger partial charge in [0.2, 0.25) is 0 Å². The van der Waals surface area contributed by atoms with Gasteiger partial charge in [-0.3, -0.25) is 19.2 Å². The Morgan fingerprint density at radius 2 is 1.67 bits per heavy atom. The van der Waals surface area contributed by atoms with Crippen LogP contribution >= 0.6 is 0 Å². The zero-order valence-corrected chi connectivity index (χ0v) is 24.9. The van der Waals surface area contributed by atoms with Crippen LogP contribution in [-0.4, -0.2) is 38.1 Å². The maximum atomic E-state index is 13.8. The van der Waals surface area contributed by atoms with E-state index in [1.54, 1.807) is 36.4 Å². The van der Waals surface area contributed by atoms with Crippen LogP contribution in [-0.2, 0) is 13.0 Å². The molecule has 2 aromatic heterocycles. The highest BCUT2D eigenvalue weighted by Gasteiger charge is 2.29. The number of carbonyl (C=O) groups is 4. The molecule has 232 valence electrons. The summed E-state index contributed by atoms with van der Waals surface area (Å²) in [5.41, 5.74) is 4.11. The lowest BCUT2D eigenvalue weighted by molar-refractivity contribution is 0.0926. The molecule has 0 bridgehead atoms. The molecule has 3 amide bonds. The highest BCUT2D eigenvalue weighted by atomic mass is 19.2. The fourth-order valence-corrected chi connectivity index (χ4v) is 5.65. The second kappa shape index (κ2) is 12.3. The normalized spacial score (nSPS) is 13.7. The number of Topliss-reactive ketones (excluding diaryl/α,β-unsaturated/α-hetero) is 1. The number of rotatable bonds is 8. The summed E-state index contributed by atoms with van der Waals surface area (Å²) in [4.78, 5) is 56.4. The van der Waals surface area contributed by atoms with E-state index in [9.17, 15) is 28.0 Å². The molecule has 0 spiro atoms. The third kappa shape index (κ3) is 5.96. The molecular formula is C34H28F2N6O4. The molecule has 46 heavy (non-hydrogen) atoms. The van der Waals surface area contributed by atoms with Crippen LogP contribution in [0.25, 0.3) is 5.65 Å². The van der Waals surface area contributed by atoms with Crippen LogP contribution in [0.2, 0.25) is 0 Å². The third-order valence-corrected chi connectivity index (χ3v) is 7.97. The topological polar surface area (TPSA) is 135 Å². The van der Waals surface area contributed by atoms with Crippen LogP contribution < -0.4 is 16.0 Å². The van der Waals surface area contributed by atoms with E-state index in [4.69, 9.17) is 0 Å². The van der Waals surface area contributed by atoms with Gasteiger partial charge in [0.25, 0.3) is 17.7 Å². The van der Waals surface area contributed by atoms with Gasteiger partial charge >= 0.3 is 0 Å². The smallest absolute Gasteiger partial charge is 0.276 e. The summed E-state index contributed by atoms with van der Waals surface area (Å²) >= 11 is 0. The molecule has 0 fully saturated rings. The number of aromatic nitrogens is 3. The molecule has 5 aromatic rings. The molecule has 2 heterocycles. The molecular weight excluding hydrogens is 594 g/mol. The Morgan fingerprint density at radius 1 is 0.891 bits per heavy atom. The van der Waals surface area contributed by atoms with Gasteiger partial charge in [-0.2, -0.15) is 5.10 Å². The van der Waals surface area contributed by atoms with Crippen molar-refractivity contribution >= 4 is 34.8 Å². The average molecular weight is 623 g/mol. The lowest BCUT2D eigenvalue weighted by Crippen LogP contribution is -2.30.